The summed E-state index contributed by atoms with van der Waals surface area (Å²) in [6.45, 7) is 4.37. The number of piperazine rings is 1. The number of rotatable bonds is 4. The fraction of sp³-hybridized carbons (Fsp3) is 0.400. The summed E-state index contributed by atoms with van der Waals surface area (Å²) in [7, 11) is 0. The van der Waals surface area contributed by atoms with Crippen LogP contribution in [0.4, 0.5) is 11.5 Å². The van der Waals surface area contributed by atoms with Crippen LogP contribution in [-0.2, 0) is 4.74 Å². The fourth-order valence-electron chi connectivity index (χ4n) is 3.82. The highest BCUT2D eigenvalue weighted by molar-refractivity contribution is 5.86. The van der Waals surface area contributed by atoms with Crippen LogP contribution in [0, 0.1) is 0 Å². The SMILES string of the molecule is O=c1[nH]ccnc1N1CCN(c2ccc3ncnc(OC4CCOC4)c3c2)CC1. The van der Waals surface area contributed by atoms with Gasteiger partial charge in [-0.1, -0.05) is 0 Å². The predicted molar refractivity (Wildman–Crippen MR) is 109 cm³/mol. The van der Waals surface area contributed by atoms with Gasteiger partial charge in [0, 0.05) is 50.7 Å². The minimum Gasteiger partial charge on any atom is -0.471 e. The van der Waals surface area contributed by atoms with Crippen LogP contribution >= 0.6 is 0 Å². The van der Waals surface area contributed by atoms with E-state index in [1.807, 2.05) is 11.0 Å². The molecule has 150 valence electrons. The van der Waals surface area contributed by atoms with E-state index in [-0.39, 0.29) is 11.7 Å². The highest BCUT2D eigenvalue weighted by Gasteiger charge is 2.22. The summed E-state index contributed by atoms with van der Waals surface area (Å²) < 4.78 is 11.5. The monoisotopic (exact) mass is 394 g/mol. The van der Waals surface area contributed by atoms with Gasteiger partial charge in [-0.05, 0) is 18.2 Å². The summed E-state index contributed by atoms with van der Waals surface area (Å²) in [5, 5.41) is 0.903. The van der Waals surface area contributed by atoms with Gasteiger partial charge in [-0.25, -0.2) is 15.0 Å². The first-order valence-electron chi connectivity index (χ1n) is 9.81. The normalized spacial score (nSPS) is 19.7. The van der Waals surface area contributed by atoms with Crippen molar-refractivity contribution in [2.45, 2.75) is 12.5 Å². The Labute approximate surface area is 167 Å². The largest absolute Gasteiger partial charge is 0.471 e. The smallest absolute Gasteiger partial charge is 0.290 e. The van der Waals surface area contributed by atoms with Gasteiger partial charge in [0.15, 0.2) is 5.82 Å². The zero-order chi connectivity index (χ0) is 19.6. The summed E-state index contributed by atoms with van der Waals surface area (Å²) in [5.41, 5.74) is 1.80. The third-order valence-electron chi connectivity index (χ3n) is 5.38. The van der Waals surface area contributed by atoms with E-state index in [2.05, 4.69) is 37.0 Å². The van der Waals surface area contributed by atoms with Crippen LogP contribution in [0.3, 0.4) is 0 Å². The average Bonchev–Trinajstić information content (AvgIpc) is 3.27. The summed E-state index contributed by atoms with van der Waals surface area (Å²) in [4.78, 5) is 31.9. The number of nitrogens with one attached hydrogen (secondary N) is 1. The van der Waals surface area contributed by atoms with E-state index in [0.717, 1.165) is 55.8 Å². The predicted octanol–water partition coefficient (Wildman–Crippen LogP) is 1.21. The number of anilines is 2. The Morgan fingerprint density at radius 3 is 2.76 bits per heavy atom. The molecule has 0 bridgehead atoms. The zero-order valence-electron chi connectivity index (χ0n) is 16.0. The van der Waals surface area contributed by atoms with E-state index in [9.17, 15) is 4.79 Å². The molecule has 4 heterocycles. The van der Waals surface area contributed by atoms with Gasteiger partial charge in [0.25, 0.3) is 5.56 Å². The molecule has 1 unspecified atom stereocenters. The maximum atomic E-state index is 12.0. The number of ether oxygens (including phenoxy) is 2. The number of nitrogens with zero attached hydrogens (tertiary/aromatic N) is 5. The third-order valence-corrected chi connectivity index (χ3v) is 5.38. The van der Waals surface area contributed by atoms with E-state index < -0.39 is 0 Å². The zero-order valence-corrected chi connectivity index (χ0v) is 16.0. The molecule has 1 atom stereocenters. The number of benzene rings is 1. The molecule has 0 radical (unpaired) electrons. The quantitative estimate of drug-likeness (QED) is 0.705. The van der Waals surface area contributed by atoms with Crippen molar-refractivity contribution >= 4 is 22.4 Å². The second-order valence-electron chi connectivity index (χ2n) is 7.20. The first-order chi connectivity index (χ1) is 14.3. The van der Waals surface area contributed by atoms with Crippen LogP contribution in [0.5, 0.6) is 5.88 Å². The summed E-state index contributed by atoms with van der Waals surface area (Å²) in [6.07, 6.45) is 5.62. The van der Waals surface area contributed by atoms with Crippen molar-refractivity contribution in [3.05, 3.63) is 47.3 Å². The molecule has 0 spiro atoms. The summed E-state index contributed by atoms with van der Waals surface area (Å²) >= 11 is 0. The van der Waals surface area contributed by atoms with Crippen molar-refractivity contribution in [2.24, 2.45) is 0 Å². The first kappa shape index (κ1) is 17.9. The Hall–Kier alpha value is -3.20. The number of fused-ring (bicyclic) bond motifs is 1. The standard InChI is InChI=1S/C20H22N6O3/c27-19-18(21-4-5-22-19)26-8-6-25(7-9-26)14-1-2-17-16(11-14)20(24-13-23-17)29-15-3-10-28-12-15/h1-2,4-5,11,13,15H,3,6-10,12H2,(H,22,27). The number of hydrogen-bond donors (Lipinski definition) is 1. The van der Waals surface area contributed by atoms with Gasteiger partial charge in [0.2, 0.25) is 5.88 Å². The lowest BCUT2D eigenvalue weighted by Crippen LogP contribution is -2.48. The maximum Gasteiger partial charge on any atom is 0.290 e. The molecule has 0 aliphatic carbocycles. The fourth-order valence-corrected chi connectivity index (χ4v) is 3.82. The molecule has 9 nitrogen and oxygen atoms in total. The molecule has 0 saturated carbocycles. The molecule has 1 aromatic carbocycles. The first-order valence-corrected chi connectivity index (χ1v) is 9.81. The highest BCUT2D eigenvalue weighted by Crippen LogP contribution is 2.29. The summed E-state index contributed by atoms with van der Waals surface area (Å²) in [6, 6.07) is 6.16. The number of H-pyrrole nitrogens is 1. The van der Waals surface area contributed by atoms with Crippen molar-refractivity contribution < 1.29 is 9.47 Å². The Morgan fingerprint density at radius 1 is 1.10 bits per heavy atom. The van der Waals surface area contributed by atoms with Crippen LogP contribution in [-0.4, -0.2) is 65.4 Å². The van der Waals surface area contributed by atoms with E-state index in [0.29, 0.717) is 18.3 Å². The van der Waals surface area contributed by atoms with Gasteiger partial charge in [0.05, 0.1) is 24.1 Å². The van der Waals surface area contributed by atoms with Crippen molar-refractivity contribution in [1.29, 1.82) is 0 Å². The van der Waals surface area contributed by atoms with Gasteiger partial charge in [-0.15, -0.1) is 0 Å². The molecule has 2 aromatic heterocycles. The molecule has 2 fully saturated rings. The van der Waals surface area contributed by atoms with Gasteiger partial charge in [-0.3, -0.25) is 4.79 Å². The highest BCUT2D eigenvalue weighted by atomic mass is 16.5. The van der Waals surface area contributed by atoms with E-state index in [4.69, 9.17) is 9.47 Å². The lowest BCUT2D eigenvalue weighted by atomic mass is 10.2. The molecule has 2 saturated heterocycles. The van der Waals surface area contributed by atoms with Crippen molar-refractivity contribution in [2.75, 3.05) is 49.2 Å². The van der Waals surface area contributed by atoms with Crippen molar-refractivity contribution in [3.63, 3.8) is 0 Å². The molecule has 9 heteroatoms. The van der Waals surface area contributed by atoms with Crippen LogP contribution in [0.1, 0.15) is 6.42 Å². The Kier molecular flexibility index (Phi) is 4.73. The maximum absolute atomic E-state index is 12.0. The van der Waals surface area contributed by atoms with E-state index >= 15 is 0 Å². The minimum absolute atomic E-state index is 0.0387. The average molecular weight is 394 g/mol. The molecule has 2 aliphatic heterocycles. The molecule has 3 aromatic rings. The lowest BCUT2D eigenvalue weighted by molar-refractivity contribution is 0.139. The van der Waals surface area contributed by atoms with E-state index in [1.54, 1.807) is 12.4 Å². The van der Waals surface area contributed by atoms with Gasteiger partial charge in [0.1, 0.15) is 12.4 Å². The molecular weight excluding hydrogens is 372 g/mol. The number of hydrogen-bond acceptors (Lipinski definition) is 8. The van der Waals surface area contributed by atoms with Gasteiger partial charge >= 0.3 is 0 Å². The van der Waals surface area contributed by atoms with Gasteiger partial charge < -0.3 is 24.3 Å². The second kappa shape index (κ2) is 7.67. The lowest BCUT2D eigenvalue weighted by Gasteiger charge is -2.36. The molecule has 29 heavy (non-hydrogen) atoms. The van der Waals surface area contributed by atoms with Crippen molar-refractivity contribution in [1.82, 2.24) is 19.9 Å². The second-order valence-corrected chi connectivity index (χ2v) is 7.20. The van der Waals surface area contributed by atoms with Crippen molar-refractivity contribution in [3.8, 4) is 5.88 Å². The number of aromatic amines is 1. The van der Waals surface area contributed by atoms with E-state index in [1.165, 1.54) is 6.33 Å². The molecule has 2 aliphatic rings. The summed E-state index contributed by atoms with van der Waals surface area (Å²) in [5.74, 6) is 1.08. The van der Waals surface area contributed by atoms with Crippen LogP contribution in [0.25, 0.3) is 10.9 Å². The van der Waals surface area contributed by atoms with Gasteiger partial charge in [-0.2, -0.15) is 0 Å². The number of aromatic nitrogens is 4. The molecule has 0 amide bonds. The topological polar surface area (TPSA) is 96.5 Å². The molecule has 1 N–H and O–H groups in total. The molecular formula is C20H22N6O3. The third kappa shape index (κ3) is 3.61. The minimum atomic E-state index is -0.151. The van der Waals surface area contributed by atoms with Crippen LogP contribution in [0.2, 0.25) is 0 Å². The Morgan fingerprint density at radius 2 is 1.97 bits per heavy atom. The van der Waals surface area contributed by atoms with Crippen LogP contribution < -0.4 is 20.1 Å². The van der Waals surface area contributed by atoms with Crippen LogP contribution in [0.15, 0.2) is 41.7 Å². The Bertz CT molecular complexity index is 1060. The Balaban J connectivity index is 1.35. The molecule has 5 rings (SSSR count).